The number of nitrogens with one attached hydrogen (secondary N) is 1. The lowest BCUT2D eigenvalue weighted by molar-refractivity contribution is -0.0333. The summed E-state index contributed by atoms with van der Waals surface area (Å²) in [4.78, 5) is 7.33. The zero-order chi connectivity index (χ0) is 17.4. The molecule has 3 N–H and O–H groups in total. The number of morpholine rings is 1. The zero-order valence-electron chi connectivity index (χ0n) is 15.3. The molecule has 1 aliphatic carbocycles. The first kappa shape index (κ1) is 18.2. The first-order chi connectivity index (χ1) is 12.3. The Kier molecular flexibility index (Phi) is 6.70. The second-order valence-electron chi connectivity index (χ2n) is 7.25. The van der Waals surface area contributed by atoms with E-state index >= 15 is 0 Å². The number of aliphatic imine (C=N–C) groups is 1. The SMILES string of the molecule is NC(=NCC1(N2CCOCC2)CCCCC1)NCCc1ccccc1. The monoisotopic (exact) mass is 344 g/mol. The fraction of sp³-hybridized carbons (Fsp3) is 0.650. The van der Waals surface area contributed by atoms with Gasteiger partial charge in [0.15, 0.2) is 5.96 Å². The van der Waals surface area contributed by atoms with Crippen molar-refractivity contribution in [3.63, 3.8) is 0 Å². The Balaban J connectivity index is 1.52. The minimum Gasteiger partial charge on any atom is -0.379 e. The molecule has 1 aliphatic heterocycles. The summed E-state index contributed by atoms with van der Waals surface area (Å²) < 4.78 is 5.54. The van der Waals surface area contributed by atoms with Gasteiger partial charge in [-0.15, -0.1) is 0 Å². The van der Waals surface area contributed by atoms with Crippen molar-refractivity contribution in [3.05, 3.63) is 35.9 Å². The molecule has 0 bridgehead atoms. The molecule has 2 fully saturated rings. The van der Waals surface area contributed by atoms with Gasteiger partial charge in [0.25, 0.3) is 0 Å². The quantitative estimate of drug-likeness (QED) is 0.613. The summed E-state index contributed by atoms with van der Waals surface area (Å²) in [5, 5.41) is 3.28. The third-order valence-electron chi connectivity index (χ3n) is 5.57. The van der Waals surface area contributed by atoms with Gasteiger partial charge in [0.1, 0.15) is 0 Å². The fourth-order valence-corrected chi connectivity index (χ4v) is 4.09. The van der Waals surface area contributed by atoms with Crippen molar-refractivity contribution < 1.29 is 4.74 Å². The summed E-state index contributed by atoms with van der Waals surface area (Å²) in [5.74, 6) is 0.578. The molecule has 0 radical (unpaired) electrons. The Labute approximate surface area is 151 Å². The average molecular weight is 345 g/mol. The first-order valence-corrected chi connectivity index (χ1v) is 9.69. The normalized spacial score (nSPS) is 21.8. The van der Waals surface area contributed by atoms with E-state index in [-0.39, 0.29) is 5.54 Å². The molecule has 3 rings (SSSR count). The third kappa shape index (κ3) is 5.19. The van der Waals surface area contributed by atoms with Gasteiger partial charge in [0, 0.05) is 25.2 Å². The Morgan fingerprint density at radius 3 is 2.56 bits per heavy atom. The van der Waals surface area contributed by atoms with Crippen LogP contribution in [0.2, 0.25) is 0 Å². The summed E-state index contributed by atoms with van der Waals surface area (Å²) in [5.41, 5.74) is 7.65. The van der Waals surface area contributed by atoms with Crippen LogP contribution in [0.15, 0.2) is 35.3 Å². The molecule has 0 spiro atoms. The lowest BCUT2D eigenvalue weighted by Gasteiger charge is -2.47. The third-order valence-corrected chi connectivity index (χ3v) is 5.57. The van der Waals surface area contributed by atoms with Gasteiger partial charge in [-0.1, -0.05) is 49.6 Å². The Morgan fingerprint density at radius 1 is 1.12 bits per heavy atom. The molecular weight excluding hydrogens is 312 g/mol. The van der Waals surface area contributed by atoms with Gasteiger partial charge in [-0.25, -0.2) is 0 Å². The summed E-state index contributed by atoms with van der Waals surface area (Å²) in [7, 11) is 0. The van der Waals surface area contributed by atoms with E-state index in [4.69, 9.17) is 15.5 Å². The topological polar surface area (TPSA) is 62.9 Å². The number of hydrogen-bond acceptors (Lipinski definition) is 3. The van der Waals surface area contributed by atoms with Crippen molar-refractivity contribution in [2.75, 3.05) is 39.4 Å². The smallest absolute Gasteiger partial charge is 0.188 e. The second kappa shape index (κ2) is 9.20. The molecule has 1 heterocycles. The van der Waals surface area contributed by atoms with Gasteiger partial charge in [0.2, 0.25) is 0 Å². The van der Waals surface area contributed by atoms with E-state index < -0.39 is 0 Å². The standard InChI is InChI=1S/C20H32N4O/c21-19(22-12-9-18-7-3-1-4-8-18)23-17-20(10-5-2-6-11-20)24-13-15-25-16-14-24/h1,3-4,7-8H,2,5-6,9-17H2,(H3,21,22,23). The first-order valence-electron chi connectivity index (χ1n) is 9.69. The highest BCUT2D eigenvalue weighted by atomic mass is 16.5. The lowest BCUT2D eigenvalue weighted by atomic mass is 9.80. The van der Waals surface area contributed by atoms with Crippen molar-refractivity contribution in [3.8, 4) is 0 Å². The number of hydrogen-bond donors (Lipinski definition) is 2. The molecule has 2 aliphatic rings. The van der Waals surface area contributed by atoms with Crippen LogP contribution in [0.25, 0.3) is 0 Å². The van der Waals surface area contributed by atoms with Crippen LogP contribution in [0, 0.1) is 0 Å². The highest BCUT2D eigenvalue weighted by molar-refractivity contribution is 5.77. The molecule has 138 valence electrons. The molecular formula is C20H32N4O. The van der Waals surface area contributed by atoms with Crippen molar-refractivity contribution in [2.45, 2.75) is 44.1 Å². The van der Waals surface area contributed by atoms with Gasteiger partial charge < -0.3 is 15.8 Å². The molecule has 0 amide bonds. The maximum Gasteiger partial charge on any atom is 0.188 e. The highest BCUT2D eigenvalue weighted by Crippen LogP contribution is 2.34. The molecule has 0 atom stereocenters. The maximum absolute atomic E-state index is 6.14. The number of benzene rings is 1. The van der Waals surface area contributed by atoms with E-state index in [2.05, 4.69) is 34.5 Å². The summed E-state index contributed by atoms with van der Waals surface area (Å²) in [6.45, 7) is 5.36. The number of nitrogens with two attached hydrogens (primary N) is 1. The molecule has 1 aromatic carbocycles. The van der Waals surface area contributed by atoms with E-state index in [1.165, 1.54) is 37.7 Å². The van der Waals surface area contributed by atoms with Crippen molar-refractivity contribution in [1.82, 2.24) is 10.2 Å². The highest BCUT2D eigenvalue weighted by Gasteiger charge is 2.38. The molecule has 5 nitrogen and oxygen atoms in total. The summed E-state index contributed by atoms with van der Waals surface area (Å²) in [6, 6.07) is 10.5. The van der Waals surface area contributed by atoms with E-state index in [1.807, 2.05) is 6.07 Å². The molecule has 1 aromatic rings. The number of guanidine groups is 1. The van der Waals surface area contributed by atoms with Crippen LogP contribution in [0.5, 0.6) is 0 Å². The van der Waals surface area contributed by atoms with Gasteiger partial charge in [-0.2, -0.15) is 0 Å². The van der Waals surface area contributed by atoms with E-state index in [1.54, 1.807) is 0 Å². The van der Waals surface area contributed by atoms with Crippen LogP contribution in [-0.4, -0.2) is 55.8 Å². The van der Waals surface area contributed by atoms with Crippen LogP contribution in [0.4, 0.5) is 0 Å². The van der Waals surface area contributed by atoms with Gasteiger partial charge in [-0.05, 0) is 24.8 Å². The van der Waals surface area contributed by atoms with Gasteiger partial charge >= 0.3 is 0 Å². The summed E-state index contributed by atoms with van der Waals surface area (Å²) >= 11 is 0. The average Bonchev–Trinajstić information content (AvgIpc) is 2.69. The van der Waals surface area contributed by atoms with E-state index in [9.17, 15) is 0 Å². The van der Waals surface area contributed by atoms with Crippen LogP contribution < -0.4 is 11.1 Å². The molecule has 5 heteroatoms. The fourth-order valence-electron chi connectivity index (χ4n) is 4.09. The van der Waals surface area contributed by atoms with Gasteiger partial charge in [0.05, 0.1) is 19.8 Å². The van der Waals surface area contributed by atoms with Crippen molar-refractivity contribution >= 4 is 5.96 Å². The lowest BCUT2D eigenvalue weighted by Crippen LogP contribution is -2.56. The minimum absolute atomic E-state index is 0.188. The maximum atomic E-state index is 6.14. The molecule has 1 saturated heterocycles. The van der Waals surface area contributed by atoms with E-state index in [0.29, 0.717) is 5.96 Å². The zero-order valence-corrected chi connectivity index (χ0v) is 15.3. The van der Waals surface area contributed by atoms with Crippen molar-refractivity contribution in [2.24, 2.45) is 10.7 Å². The van der Waals surface area contributed by atoms with E-state index in [0.717, 1.165) is 45.8 Å². The Hall–Kier alpha value is -1.59. The molecule has 0 unspecified atom stereocenters. The molecule has 0 aromatic heterocycles. The Morgan fingerprint density at radius 2 is 1.84 bits per heavy atom. The number of ether oxygens (including phenoxy) is 1. The predicted octanol–water partition coefficient (Wildman–Crippen LogP) is 2.17. The van der Waals surface area contributed by atoms with Crippen LogP contribution >= 0.6 is 0 Å². The number of nitrogens with zero attached hydrogens (tertiary/aromatic N) is 2. The van der Waals surface area contributed by atoms with Crippen molar-refractivity contribution in [1.29, 1.82) is 0 Å². The minimum atomic E-state index is 0.188. The summed E-state index contributed by atoms with van der Waals surface area (Å²) in [6.07, 6.45) is 7.37. The largest absolute Gasteiger partial charge is 0.379 e. The Bertz CT molecular complexity index is 534. The number of rotatable bonds is 6. The van der Waals surface area contributed by atoms with Crippen LogP contribution in [0.3, 0.4) is 0 Å². The predicted molar refractivity (Wildman–Crippen MR) is 103 cm³/mol. The van der Waals surface area contributed by atoms with Crippen LogP contribution in [-0.2, 0) is 11.2 Å². The van der Waals surface area contributed by atoms with Crippen LogP contribution in [0.1, 0.15) is 37.7 Å². The second-order valence-corrected chi connectivity index (χ2v) is 7.25. The molecule has 25 heavy (non-hydrogen) atoms. The van der Waals surface area contributed by atoms with Gasteiger partial charge in [-0.3, -0.25) is 9.89 Å². The molecule has 1 saturated carbocycles.